The standard InChI is InChI=1S/C15H24Cl2O3/c1-18-9-10-12-11(19-2)7-5-3-4-6-8-14(10)13(20-12)15(14,16)17/h10-13H,3-9H2,1-2H3/t10-,11+,12+,13?,14?/m0/s1. The first kappa shape index (κ1) is 15.4. The summed E-state index contributed by atoms with van der Waals surface area (Å²) in [5, 5.41) is 0. The minimum Gasteiger partial charge on any atom is -0.384 e. The molecule has 0 radical (unpaired) electrons. The summed E-state index contributed by atoms with van der Waals surface area (Å²) < 4.78 is 16.6. The summed E-state index contributed by atoms with van der Waals surface area (Å²) in [6.45, 7) is 0.641. The lowest BCUT2D eigenvalue weighted by Gasteiger charge is -2.35. The predicted octanol–water partition coefficient (Wildman–Crippen LogP) is 3.56. The van der Waals surface area contributed by atoms with Crippen molar-refractivity contribution in [2.24, 2.45) is 11.3 Å². The molecule has 3 aliphatic rings. The molecule has 2 unspecified atom stereocenters. The molecular weight excluding hydrogens is 299 g/mol. The van der Waals surface area contributed by atoms with E-state index in [-0.39, 0.29) is 29.6 Å². The van der Waals surface area contributed by atoms with E-state index in [2.05, 4.69) is 0 Å². The highest BCUT2D eigenvalue weighted by Gasteiger charge is 2.84. The Kier molecular flexibility index (Phi) is 4.29. The predicted molar refractivity (Wildman–Crippen MR) is 79.4 cm³/mol. The van der Waals surface area contributed by atoms with E-state index in [9.17, 15) is 0 Å². The van der Waals surface area contributed by atoms with Crippen molar-refractivity contribution in [1.82, 2.24) is 0 Å². The molecular formula is C15H24Cl2O3. The van der Waals surface area contributed by atoms with Gasteiger partial charge in [0, 0.05) is 25.6 Å². The van der Waals surface area contributed by atoms with Gasteiger partial charge in [-0.2, -0.15) is 0 Å². The van der Waals surface area contributed by atoms with Crippen LogP contribution in [0.15, 0.2) is 0 Å². The highest BCUT2D eigenvalue weighted by Crippen LogP contribution is 2.76. The van der Waals surface area contributed by atoms with Crippen LogP contribution in [0.2, 0.25) is 0 Å². The largest absolute Gasteiger partial charge is 0.384 e. The van der Waals surface area contributed by atoms with E-state index in [4.69, 9.17) is 37.4 Å². The van der Waals surface area contributed by atoms with Crippen LogP contribution in [0, 0.1) is 11.3 Å². The number of halogens is 2. The lowest BCUT2D eigenvalue weighted by Crippen LogP contribution is -2.42. The van der Waals surface area contributed by atoms with Gasteiger partial charge in [-0.15, -0.1) is 0 Å². The maximum absolute atomic E-state index is 6.55. The molecule has 3 fully saturated rings. The molecule has 0 N–H and O–H groups in total. The van der Waals surface area contributed by atoms with Gasteiger partial charge >= 0.3 is 0 Å². The molecule has 1 spiro atoms. The highest BCUT2D eigenvalue weighted by atomic mass is 35.5. The number of methoxy groups -OCH3 is 2. The molecule has 1 heterocycles. The van der Waals surface area contributed by atoms with Crippen LogP contribution in [0.1, 0.15) is 38.5 Å². The minimum atomic E-state index is -0.746. The van der Waals surface area contributed by atoms with E-state index < -0.39 is 4.33 Å². The van der Waals surface area contributed by atoms with Crippen molar-refractivity contribution in [1.29, 1.82) is 0 Å². The van der Waals surface area contributed by atoms with Crippen LogP contribution in [0.3, 0.4) is 0 Å². The third kappa shape index (κ3) is 2.04. The van der Waals surface area contributed by atoms with Crippen molar-refractivity contribution in [3.05, 3.63) is 0 Å². The maximum atomic E-state index is 6.55. The maximum Gasteiger partial charge on any atom is 0.153 e. The molecule has 1 aliphatic heterocycles. The quantitative estimate of drug-likeness (QED) is 0.743. The van der Waals surface area contributed by atoms with Gasteiger partial charge < -0.3 is 14.2 Å². The fourth-order valence-electron chi connectivity index (χ4n) is 4.42. The van der Waals surface area contributed by atoms with E-state index in [0.717, 1.165) is 12.8 Å². The van der Waals surface area contributed by atoms with Crippen LogP contribution >= 0.6 is 23.2 Å². The first-order chi connectivity index (χ1) is 9.59. The van der Waals surface area contributed by atoms with Crippen LogP contribution in [-0.2, 0) is 14.2 Å². The topological polar surface area (TPSA) is 27.7 Å². The Bertz CT molecular complexity index is 363. The second kappa shape index (κ2) is 5.58. The molecule has 3 nitrogen and oxygen atoms in total. The molecule has 0 amide bonds. The van der Waals surface area contributed by atoms with Crippen LogP contribution in [0.25, 0.3) is 0 Å². The summed E-state index contributed by atoms with van der Waals surface area (Å²) in [5.74, 6) is 0.232. The average molecular weight is 323 g/mol. The SMILES string of the molecule is COC[C@H]1[C@H]2OC3C(Cl)(Cl)C31CCCCCC[C@H]2OC. The van der Waals surface area contributed by atoms with Crippen molar-refractivity contribution < 1.29 is 14.2 Å². The zero-order chi connectivity index (χ0) is 14.4. The molecule has 0 aromatic heterocycles. The Morgan fingerprint density at radius 2 is 1.90 bits per heavy atom. The van der Waals surface area contributed by atoms with Crippen molar-refractivity contribution in [3.8, 4) is 0 Å². The number of hydrogen-bond acceptors (Lipinski definition) is 3. The van der Waals surface area contributed by atoms with Gasteiger partial charge in [0.1, 0.15) is 6.10 Å². The van der Waals surface area contributed by atoms with Gasteiger partial charge in [-0.25, -0.2) is 0 Å². The van der Waals surface area contributed by atoms with Crippen LogP contribution in [0.5, 0.6) is 0 Å². The summed E-state index contributed by atoms with van der Waals surface area (Å²) in [6, 6.07) is 0. The van der Waals surface area contributed by atoms with Gasteiger partial charge in [0.2, 0.25) is 0 Å². The van der Waals surface area contributed by atoms with Crippen LogP contribution < -0.4 is 0 Å². The second-order valence-corrected chi connectivity index (χ2v) is 7.82. The van der Waals surface area contributed by atoms with Crippen LogP contribution in [-0.4, -0.2) is 43.5 Å². The average Bonchev–Trinajstić information content (AvgIpc) is 2.72. The number of alkyl halides is 2. The first-order valence-electron chi connectivity index (χ1n) is 7.64. The Morgan fingerprint density at radius 3 is 2.60 bits per heavy atom. The zero-order valence-corrected chi connectivity index (χ0v) is 13.8. The molecule has 5 atom stereocenters. The Labute approximate surface area is 131 Å². The molecule has 5 heteroatoms. The molecule has 0 aromatic carbocycles. The van der Waals surface area contributed by atoms with E-state index in [0.29, 0.717) is 6.61 Å². The lowest BCUT2D eigenvalue weighted by molar-refractivity contribution is -0.0800. The van der Waals surface area contributed by atoms with Gasteiger partial charge in [-0.3, -0.25) is 0 Å². The summed E-state index contributed by atoms with van der Waals surface area (Å²) in [4.78, 5) is 0. The number of fused-ring (bicyclic) bond motifs is 1. The molecule has 2 bridgehead atoms. The molecule has 2 aliphatic carbocycles. The Balaban J connectivity index is 1.89. The molecule has 3 rings (SSSR count). The smallest absolute Gasteiger partial charge is 0.153 e. The van der Waals surface area contributed by atoms with Crippen molar-refractivity contribution >= 4 is 23.2 Å². The monoisotopic (exact) mass is 322 g/mol. The summed E-state index contributed by atoms with van der Waals surface area (Å²) in [7, 11) is 3.51. The summed E-state index contributed by atoms with van der Waals surface area (Å²) in [6.07, 6.45) is 7.07. The van der Waals surface area contributed by atoms with E-state index in [1.807, 2.05) is 0 Å². The van der Waals surface area contributed by atoms with Crippen molar-refractivity contribution in [2.45, 2.75) is 61.2 Å². The third-order valence-electron chi connectivity index (χ3n) is 5.53. The number of hydrogen-bond donors (Lipinski definition) is 0. The number of ether oxygens (including phenoxy) is 3. The summed E-state index contributed by atoms with van der Waals surface area (Å²) >= 11 is 13.1. The third-order valence-corrected chi connectivity index (χ3v) is 6.63. The number of rotatable bonds is 3. The summed E-state index contributed by atoms with van der Waals surface area (Å²) in [5.41, 5.74) is -0.134. The normalized spacial score (nSPS) is 46.8. The first-order valence-corrected chi connectivity index (χ1v) is 8.40. The van der Waals surface area contributed by atoms with E-state index >= 15 is 0 Å². The van der Waals surface area contributed by atoms with Crippen molar-refractivity contribution in [2.75, 3.05) is 20.8 Å². The van der Waals surface area contributed by atoms with Crippen LogP contribution in [0.4, 0.5) is 0 Å². The fourth-order valence-corrected chi connectivity index (χ4v) is 5.47. The van der Waals surface area contributed by atoms with Gasteiger partial charge in [0.05, 0.1) is 18.8 Å². The van der Waals surface area contributed by atoms with Gasteiger partial charge in [0.15, 0.2) is 4.33 Å². The van der Waals surface area contributed by atoms with E-state index in [1.165, 1.54) is 25.7 Å². The van der Waals surface area contributed by atoms with E-state index in [1.54, 1.807) is 14.2 Å². The minimum absolute atomic E-state index is 0.0563. The fraction of sp³-hybridized carbons (Fsp3) is 1.00. The lowest BCUT2D eigenvalue weighted by atomic mass is 9.79. The molecule has 116 valence electrons. The van der Waals surface area contributed by atoms with Gasteiger partial charge in [-0.05, 0) is 12.8 Å². The zero-order valence-electron chi connectivity index (χ0n) is 12.2. The second-order valence-electron chi connectivity index (χ2n) is 6.43. The molecule has 1 saturated heterocycles. The Morgan fingerprint density at radius 1 is 1.15 bits per heavy atom. The van der Waals surface area contributed by atoms with Gasteiger partial charge in [-0.1, -0.05) is 48.9 Å². The highest BCUT2D eigenvalue weighted by molar-refractivity contribution is 6.52. The molecule has 0 aromatic rings. The molecule has 20 heavy (non-hydrogen) atoms. The van der Waals surface area contributed by atoms with Gasteiger partial charge in [0.25, 0.3) is 0 Å². The van der Waals surface area contributed by atoms with Crippen molar-refractivity contribution in [3.63, 3.8) is 0 Å². The Hall–Kier alpha value is 0.460. The molecule has 2 saturated carbocycles.